The van der Waals surface area contributed by atoms with Gasteiger partial charge in [0, 0.05) is 6.54 Å². The van der Waals surface area contributed by atoms with Crippen LogP contribution in [0.2, 0.25) is 0 Å². The maximum atomic E-state index is 12.4. The summed E-state index contributed by atoms with van der Waals surface area (Å²) in [5, 5.41) is 2.81. The topological polar surface area (TPSA) is 12.0 Å². The van der Waals surface area contributed by atoms with Crippen molar-refractivity contribution in [2.45, 2.75) is 19.0 Å². The molecule has 0 amide bonds. The highest BCUT2D eigenvalue weighted by molar-refractivity contribution is 5.06. The zero-order valence-corrected chi connectivity index (χ0v) is 6.04. The molecule has 2 fully saturated rings. The van der Waals surface area contributed by atoms with Gasteiger partial charge in [-0.15, -0.1) is 0 Å². The van der Waals surface area contributed by atoms with E-state index < -0.39 is 11.6 Å². The molecule has 2 atom stereocenters. The van der Waals surface area contributed by atoms with Crippen molar-refractivity contribution in [3.63, 3.8) is 0 Å². The first-order valence-corrected chi connectivity index (χ1v) is 3.84. The van der Waals surface area contributed by atoms with Crippen LogP contribution in [-0.2, 0) is 0 Å². The fourth-order valence-corrected chi connectivity index (χ4v) is 2.17. The number of hydrogen-bond donors (Lipinski definition) is 1. The second-order valence-corrected chi connectivity index (χ2v) is 3.52. The molecule has 0 radical (unpaired) electrons. The smallest absolute Gasteiger partial charge is 0.316 e. The largest absolute Gasteiger partial charge is 0.396 e. The van der Waals surface area contributed by atoms with E-state index in [-0.39, 0.29) is 12.5 Å². The van der Waals surface area contributed by atoms with Gasteiger partial charge in [0.2, 0.25) is 0 Å². The first-order chi connectivity index (χ1) is 5.06. The van der Waals surface area contributed by atoms with E-state index in [9.17, 15) is 13.2 Å². The van der Waals surface area contributed by atoms with Gasteiger partial charge in [0.15, 0.2) is 0 Å². The van der Waals surface area contributed by atoms with Gasteiger partial charge in [-0.1, -0.05) is 0 Å². The normalized spacial score (nSPS) is 43.4. The Morgan fingerprint density at radius 1 is 1.36 bits per heavy atom. The molecule has 1 aliphatic heterocycles. The Hall–Kier alpha value is -0.250. The standard InChI is InChI=1S/C7H10F3N/c8-7(9,10)6-2-1-5(6)3-11-4-6/h5,11H,1-4H2/t5-,6-/m0/s1. The van der Waals surface area contributed by atoms with Crippen molar-refractivity contribution in [1.29, 1.82) is 0 Å². The summed E-state index contributed by atoms with van der Waals surface area (Å²) < 4.78 is 37.2. The van der Waals surface area contributed by atoms with E-state index in [1.165, 1.54) is 0 Å². The number of halogens is 3. The summed E-state index contributed by atoms with van der Waals surface area (Å²) in [5.41, 5.74) is -1.34. The van der Waals surface area contributed by atoms with E-state index in [1.807, 2.05) is 0 Å². The summed E-state index contributed by atoms with van der Waals surface area (Å²) >= 11 is 0. The van der Waals surface area contributed by atoms with Crippen LogP contribution in [0.5, 0.6) is 0 Å². The molecule has 1 N–H and O–H groups in total. The predicted molar refractivity (Wildman–Crippen MR) is 34.1 cm³/mol. The SMILES string of the molecule is FC(F)(F)[C@]12CC[C@H]1CNC2. The third-order valence-corrected chi connectivity index (χ3v) is 3.12. The van der Waals surface area contributed by atoms with Crippen LogP contribution < -0.4 is 5.32 Å². The highest BCUT2D eigenvalue weighted by Crippen LogP contribution is 2.58. The van der Waals surface area contributed by atoms with Crippen LogP contribution in [0.1, 0.15) is 12.8 Å². The molecule has 2 rings (SSSR count). The molecule has 1 aliphatic carbocycles. The molecule has 1 saturated carbocycles. The summed E-state index contributed by atoms with van der Waals surface area (Å²) in [5.74, 6) is -0.137. The van der Waals surface area contributed by atoms with Crippen LogP contribution >= 0.6 is 0 Å². The summed E-state index contributed by atoms with van der Waals surface area (Å²) in [6.07, 6.45) is -2.92. The molecule has 2 aliphatic rings. The molecule has 64 valence electrons. The third-order valence-electron chi connectivity index (χ3n) is 3.12. The van der Waals surface area contributed by atoms with Crippen molar-refractivity contribution < 1.29 is 13.2 Å². The molecule has 1 heterocycles. The molecule has 11 heavy (non-hydrogen) atoms. The summed E-state index contributed by atoms with van der Waals surface area (Å²) in [4.78, 5) is 0. The van der Waals surface area contributed by atoms with E-state index >= 15 is 0 Å². The average Bonchev–Trinajstić information content (AvgIpc) is 2.06. The van der Waals surface area contributed by atoms with Crippen molar-refractivity contribution in [2.75, 3.05) is 13.1 Å². The molecule has 0 spiro atoms. The Bertz CT molecular complexity index is 177. The Labute approximate surface area is 63.0 Å². The van der Waals surface area contributed by atoms with Gasteiger partial charge in [-0.05, 0) is 25.3 Å². The van der Waals surface area contributed by atoms with Crippen LogP contribution in [0.25, 0.3) is 0 Å². The van der Waals surface area contributed by atoms with Gasteiger partial charge in [-0.3, -0.25) is 0 Å². The van der Waals surface area contributed by atoms with E-state index in [1.54, 1.807) is 0 Å². The maximum absolute atomic E-state index is 12.4. The van der Waals surface area contributed by atoms with Gasteiger partial charge in [0.05, 0.1) is 5.41 Å². The lowest BCUT2D eigenvalue weighted by molar-refractivity contribution is -0.258. The van der Waals surface area contributed by atoms with Crippen LogP contribution in [0.3, 0.4) is 0 Å². The fourth-order valence-electron chi connectivity index (χ4n) is 2.17. The lowest BCUT2D eigenvalue weighted by Gasteiger charge is -2.45. The third kappa shape index (κ3) is 0.760. The van der Waals surface area contributed by atoms with Gasteiger partial charge >= 0.3 is 6.18 Å². The van der Waals surface area contributed by atoms with Crippen molar-refractivity contribution in [2.24, 2.45) is 11.3 Å². The summed E-state index contributed by atoms with van der Waals surface area (Å²) in [6, 6.07) is 0. The first kappa shape index (κ1) is 7.40. The molecule has 0 unspecified atom stereocenters. The van der Waals surface area contributed by atoms with Gasteiger partial charge in [-0.25, -0.2) is 0 Å². The molecule has 1 nitrogen and oxygen atoms in total. The molecule has 1 saturated heterocycles. The number of fused-ring (bicyclic) bond motifs is 1. The van der Waals surface area contributed by atoms with Gasteiger partial charge < -0.3 is 5.32 Å². The summed E-state index contributed by atoms with van der Waals surface area (Å²) in [6.45, 7) is 0.695. The Morgan fingerprint density at radius 2 is 2.09 bits per heavy atom. The van der Waals surface area contributed by atoms with Crippen molar-refractivity contribution in [3.8, 4) is 0 Å². The fraction of sp³-hybridized carbons (Fsp3) is 1.00. The predicted octanol–water partition coefficient (Wildman–Crippen LogP) is 1.55. The molecular formula is C7H10F3N. The lowest BCUT2D eigenvalue weighted by Crippen LogP contribution is -2.51. The summed E-state index contributed by atoms with van der Waals surface area (Å²) in [7, 11) is 0. The second kappa shape index (κ2) is 1.91. The van der Waals surface area contributed by atoms with E-state index in [0.29, 0.717) is 13.0 Å². The van der Waals surface area contributed by atoms with Crippen LogP contribution in [-0.4, -0.2) is 19.3 Å². The Balaban J connectivity index is 2.22. The Morgan fingerprint density at radius 3 is 2.36 bits per heavy atom. The first-order valence-electron chi connectivity index (χ1n) is 3.84. The maximum Gasteiger partial charge on any atom is 0.396 e. The van der Waals surface area contributed by atoms with E-state index in [4.69, 9.17) is 0 Å². The molecule has 4 heteroatoms. The van der Waals surface area contributed by atoms with Gasteiger partial charge in [-0.2, -0.15) is 13.2 Å². The number of alkyl halides is 3. The minimum Gasteiger partial charge on any atom is -0.316 e. The quantitative estimate of drug-likeness (QED) is 0.574. The highest BCUT2D eigenvalue weighted by Gasteiger charge is 2.65. The number of rotatable bonds is 0. The monoisotopic (exact) mass is 165 g/mol. The Kier molecular flexibility index (Phi) is 1.29. The number of hydrogen-bond acceptors (Lipinski definition) is 1. The van der Waals surface area contributed by atoms with Gasteiger partial charge in [0.1, 0.15) is 0 Å². The van der Waals surface area contributed by atoms with Gasteiger partial charge in [0.25, 0.3) is 0 Å². The molecular weight excluding hydrogens is 155 g/mol. The molecule has 0 aromatic carbocycles. The average molecular weight is 165 g/mol. The van der Waals surface area contributed by atoms with Crippen molar-refractivity contribution in [3.05, 3.63) is 0 Å². The highest BCUT2D eigenvalue weighted by atomic mass is 19.4. The van der Waals surface area contributed by atoms with Crippen LogP contribution in [0, 0.1) is 11.3 Å². The zero-order valence-electron chi connectivity index (χ0n) is 6.04. The minimum absolute atomic E-state index is 0.137. The van der Waals surface area contributed by atoms with E-state index in [2.05, 4.69) is 5.32 Å². The molecule has 0 aromatic rings. The lowest BCUT2D eigenvalue weighted by atomic mass is 9.61. The van der Waals surface area contributed by atoms with Crippen LogP contribution in [0.4, 0.5) is 13.2 Å². The van der Waals surface area contributed by atoms with Crippen LogP contribution in [0.15, 0.2) is 0 Å². The second-order valence-electron chi connectivity index (χ2n) is 3.52. The number of nitrogens with one attached hydrogen (secondary N) is 1. The molecule has 0 aromatic heterocycles. The minimum atomic E-state index is -3.99. The van der Waals surface area contributed by atoms with Crippen molar-refractivity contribution >= 4 is 0 Å². The molecule has 0 bridgehead atoms. The van der Waals surface area contributed by atoms with Crippen molar-refractivity contribution in [1.82, 2.24) is 5.32 Å². The van der Waals surface area contributed by atoms with E-state index in [0.717, 1.165) is 6.42 Å². The zero-order chi connectivity index (χ0) is 8.11.